The Bertz CT molecular complexity index is 1170. The minimum Gasteiger partial charge on any atom is -0.505 e. The molecule has 136 valence electrons. The van der Waals surface area contributed by atoms with E-state index in [-0.39, 0.29) is 24.5 Å². The maximum atomic E-state index is 11.1. The molecule has 2 heterocycles. The number of hydrogen-bond acceptors (Lipinski definition) is 7. The van der Waals surface area contributed by atoms with Gasteiger partial charge in [-0.25, -0.2) is 9.78 Å². The highest BCUT2D eigenvalue weighted by molar-refractivity contribution is 5.95. The summed E-state index contributed by atoms with van der Waals surface area (Å²) in [6, 6.07) is 9.38. The van der Waals surface area contributed by atoms with Crippen LogP contribution in [-0.4, -0.2) is 54.5 Å². The number of carbonyl (C=O) groups is 1. The Balaban J connectivity index is 1.83. The Morgan fingerprint density at radius 2 is 1.89 bits per heavy atom. The summed E-state index contributed by atoms with van der Waals surface area (Å²) in [5, 5.41) is 38.3. The molecule has 4 rings (SSSR count). The van der Waals surface area contributed by atoms with Crippen LogP contribution in [0.2, 0.25) is 0 Å². The number of phenols is 1. The van der Waals surface area contributed by atoms with Gasteiger partial charge in [0.2, 0.25) is 5.88 Å². The van der Waals surface area contributed by atoms with Crippen molar-refractivity contribution in [3.05, 3.63) is 48.2 Å². The first-order valence-electron chi connectivity index (χ1n) is 8.03. The van der Waals surface area contributed by atoms with Crippen molar-refractivity contribution in [2.45, 2.75) is 0 Å². The van der Waals surface area contributed by atoms with Gasteiger partial charge < -0.3 is 20.1 Å². The lowest BCUT2D eigenvalue weighted by Crippen LogP contribution is -2.04. The van der Waals surface area contributed by atoms with Crippen LogP contribution in [0.3, 0.4) is 0 Å². The first-order valence-corrected chi connectivity index (χ1v) is 8.03. The van der Waals surface area contributed by atoms with Crippen LogP contribution >= 0.6 is 0 Å². The van der Waals surface area contributed by atoms with Gasteiger partial charge in [-0.1, -0.05) is 0 Å². The molecule has 0 radical (unpaired) electrons. The van der Waals surface area contributed by atoms with E-state index in [1.165, 1.54) is 23.1 Å². The lowest BCUT2D eigenvalue weighted by Gasteiger charge is -2.10. The average Bonchev–Trinajstić information content (AvgIpc) is 3.09. The molecule has 4 aromatic rings. The van der Waals surface area contributed by atoms with Crippen LogP contribution in [0.1, 0.15) is 10.4 Å². The number of aromatic nitrogens is 4. The number of benzene rings is 2. The molecule has 0 fully saturated rings. The van der Waals surface area contributed by atoms with Crippen LogP contribution in [-0.2, 0) is 0 Å². The van der Waals surface area contributed by atoms with Crippen molar-refractivity contribution in [2.75, 3.05) is 13.2 Å². The van der Waals surface area contributed by atoms with Gasteiger partial charge in [-0.2, -0.15) is 0 Å². The van der Waals surface area contributed by atoms with E-state index in [4.69, 9.17) is 14.9 Å². The van der Waals surface area contributed by atoms with Gasteiger partial charge in [0.1, 0.15) is 23.3 Å². The number of rotatable bonds is 5. The first kappa shape index (κ1) is 16.7. The van der Waals surface area contributed by atoms with E-state index >= 15 is 0 Å². The third-order valence-electron chi connectivity index (χ3n) is 4.03. The Hall–Kier alpha value is -3.72. The molecule has 3 N–H and O–H groups in total. The summed E-state index contributed by atoms with van der Waals surface area (Å²) in [7, 11) is 0. The smallest absolute Gasteiger partial charge is 0.335 e. The number of aliphatic hydroxyl groups is 1. The number of aromatic hydroxyl groups is 1. The minimum absolute atomic E-state index is 0.0671. The van der Waals surface area contributed by atoms with Gasteiger partial charge in [-0.3, -0.25) is 0 Å². The van der Waals surface area contributed by atoms with Crippen LogP contribution in [0.25, 0.3) is 27.5 Å². The molecule has 0 unspecified atom stereocenters. The molecule has 0 amide bonds. The van der Waals surface area contributed by atoms with Gasteiger partial charge in [0.25, 0.3) is 0 Å². The lowest BCUT2D eigenvalue weighted by molar-refractivity contribution is 0.0697. The van der Waals surface area contributed by atoms with Gasteiger partial charge in [-0.15, -0.1) is 15.0 Å². The number of nitrogens with zero attached hydrogens (tertiary/aromatic N) is 4. The second-order valence-corrected chi connectivity index (χ2v) is 5.71. The maximum Gasteiger partial charge on any atom is 0.335 e. The quantitative estimate of drug-likeness (QED) is 0.487. The number of aliphatic hydroxyl groups excluding tert-OH is 1. The minimum atomic E-state index is -1.05. The van der Waals surface area contributed by atoms with E-state index in [2.05, 4.69) is 15.2 Å². The fourth-order valence-corrected chi connectivity index (χ4v) is 2.77. The van der Waals surface area contributed by atoms with Crippen molar-refractivity contribution >= 4 is 27.8 Å². The zero-order valence-electron chi connectivity index (χ0n) is 13.9. The van der Waals surface area contributed by atoms with Crippen LogP contribution in [0.15, 0.2) is 42.6 Å². The number of pyridine rings is 1. The number of aromatic carboxylic acids is 1. The molecule has 0 spiro atoms. The van der Waals surface area contributed by atoms with Crippen molar-refractivity contribution in [3.63, 3.8) is 0 Å². The zero-order chi connectivity index (χ0) is 19.0. The van der Waals surface area contributed by atoms with Gasteiger partial charge in [-0.05, 0) is 36.4 Å². The summed E-state index contributed by atoms with van der Waals surface area (Å²) in [4.78, 5) is 16.5. The molecule has 0 aliphatic heterocycles. The SMILES string of the molecule is O=C(O)c1ccc2nn(-c3ccc4c(OCCO)nccc4c3O)nc2c1. The van der Waals surface area contributed by atoms with Crippen LogP contribution in [0, 0.1) is 0 Å². The highest BCUT2D eigenvalue weighted by atomic mass is 16.5. The molecular weight excluding hydrogens is 352 g/mol. The van der Waals surface area contributed by atoms with Crippen molar-refractivity contribution < 1.29 is 24.9 Å². The van der Waals surface area contributed by atoms with Crippen molar-refractivity contribution in [2.24, 2.45) is 0 Å². The highest BCUT2D eigenvalue weighted by Gasteiger charge is 2.15. The standard InChI is InChI=1S/C18H14N4O5/c23-7-8-27-17-12-2-4-15(16(24)11(12)5-6-19-17)22-20-13-3-1-10(18(25)26)9-14(13)21-22/h1-6,9,23-24H,7-8H2,(H,25,26). The normalized spacial score (nSPS) is 11.1. The topological polar surface area (TPSA) is 131 Å². The summed E-state index contributed by atoms with van der Waals surface area (Å²) < 4.78 is 5.39. The monoisotopic (exact) mass is 366 g/mol. The summed E-state index contributed by atoms with van der Waals surface area (Å²) in [5.74, 6) is -0.821. The molecule has 0 bridgehead atoms. The van der Waals surface area contributed by atoms with E-state index in [1.54, 1.807) is 24.3 Å². The van der Waals surface area contributed by atoms with Gasteiger partial charge in [0.15, 0.2) is 5.75 Å². The molecule has 27 heavy (non-hydrogen) atoms. The van der Waals surface area contributed by atoms with Crippen molar-refractivity contribution in [1.82, 2.24) is 20.0 Å². The van der Waals surface area contributed by atoms with E-state index in [9.17, 15) is 9.90 Å². The number of carboxylic acid groups (broad SMARTS) is 1. The lowest BCUT2D eigenvalue weighted by atomic mass is 10.1. The molecule has 2 aromatic carbocycles. The van der Waals surface area contributed by atoms with E-state index in [1.807, 2.05) is 0 Å². The Morgan fingerprint density at radius 1 is 1.07 bits per heavy atom. The van der Waals surface area contributed by atoms with Gasteiger partial charge >= 0.3 is 5.97 Å². The molecular formula is C18H14N4O5. The summed E-state index contributed by atoms with van der Waals surface area (Å²) in [5.41, 5.74) is 1.33. The molecule has 0 atom stereocenters. The van der Waals surface area contributed by atoms with E-state index < -0.39 is 5.97 Å². The fourth-order valence-electron chi connectivity index (χ4n) is 2.77. The molecule has 0 saturated heterocycles. The third kappa shape index (κ3) is 2.89. The molecule has 0 saturated carbocycles. The Labute approximate surface area is 152 Å². The number of fused-ring (bicyclic) bond motifs is 2. The zero-order valence-corrected chi connectivity index (χ0v) is 13.9. The molecule has 2 aromatic heterocycles. The third-order valence-corrected chi connectivity index (χ3v) is 4.03. The number of phenolic OH excluding ortho intramolecular Hbond substituents is 1. The highest BCUT2D eigenvalue weighted by Crippen LogP contribution is 2.34. The van der Waals surface area contributed by atoms with Crippen molar-refractivity contribution in [3.8, 4) is 17.3 Å². The summed E-state index contributed by atoms with van der Waals surface area (Å²) in [6.45, 7) is -0.0586. The van der Waals surface area contributed by atoms with Crippen molar-refractivity contribution in [1.29, 1.82) is 0 Å². The average molecular weight is 366 g/mol. The predicted octanol–water partition coefficient (Wildman–Crippen LogP) is 1.74. The predicted molar refractivity (Wildman–Crippen MR) is 95.4 cm³/mol. The molecule has 9 nitrogen and oxygen atoms in total. The second-order valence-electron chi connectivity index (χ2n) is 5.71. The largest absolute Gasteiger partial charge is 0.505 e. The Morgan fingerprint density at radius 3 is 2.67 bits per heavy atom. The molecule has 9 heteroatoms. The van der Waals surface area contributed by atoms with Gasteiger partial charge in [0, 0.05) is 17.0 Å². The van der Waals surface area contributed by atoms with Crippen LogP contribution in [0.4, 0.5) is 0 Å². The van der Waals surface area contributed by atoms with Crippen LogP contribution < -0.4 is 4.74 Å². The maximum absolute atomic E-state index is 11.1. The van der Waals surface area contributed by atoms with E-state index in [0.29, 0.717) is 33.4 Å². The second kappa shape index (κ2) is 6.54. The number of hydrogen-bond donors (Lipinski definition) is 3. The molecule has 0 aliphatic rings. The molecule has 0 aliphatic carbocycles. The summed E-state index contributed by atoms with van der Waals surface area (Å²) >= 11 is 0. The summed E-state index contributed by atoms with van der Waals surface area (Å²) in [6.07, 6.45) is 1.49. The Kier molecular flexibility index (Phi) is 4.05. The van der Waals surface area contributed by atoms with Gasteiger partial charge in [0.05, 0.1) is 12.2 Å². The van der Waals surface area contributed by atoms with E-state index in [0.717, 1.165) is 0 Å². The number of ether oxygens (including phenoxy) is 1. The number of carboxylic acids is 1. The first-order chi connectivity index (χ1) is 13.1. The van der Waals surface area contributed by atoms with Crippen LogP contribution in [0.5, 0.6) is 11.6 Å². The fraction of sp³-hybridized carbons (Fsp3) is 0.111.